The maximum Gasteiger partial charge on any atom is 0.573 e. The van der Waals surface area contributed by atoms with Gasteiger partial charge in [0.25, 0.3) is 0 Å². The van der Waals surface area contributed by atoms with Crippen molar-refractivity contribution < 1.29 is 23.0 Å². The molecule has 0 amide bonds. The molecule has 0 aliphatic heterocycles. The quantitative estimate of drug-likeness (QED) is 0.861. The zero-order chi connectivity index (χ0) is 15.5. The molecule has 0 aromatic heterocycles. The minimum absolute atomic E-state index is 0.275. The number of hydrogen-bond donors (Lipinski definition) is 1. The molecule has 1 atom stereocenters. The van der Waals surface area contributed by atoms with Crippen LogP contribution >= 0.6 is 15.9 Å². The van der Waals surface area contributed by atoms with Gasteiger partial charge in [0.2, 0.25) is 0 Å². The van der Waals surface area contributed by atoms with E-state index in [2.05, 4.69) is 20.7 Å². The van der Waals surface area contributed by atoms with Gasteiger partial charge in [0.15, 0.2) is 0 Å². The van der Waals surface area contributed by atoms with Crippen LogP contribution in [-0.2, 0) is 6.42 Å². The zero-order valence-electron chi connectivity index (χ0n) is 10.8. The molecular weight excluding hydrogens is 349 g/mol. The molecule has 21 heavy (non-hydrogen) atoms. The second-order valence-electron chi connectivity index (χ2n) is 4.47. The minimum Gasteiger partial charge on any atom is -0.406 e. The van der Waals surface area contributed by atoms with Crippen molar-refractivity contribution >= 4 is 15.9 Å². The van der Waals surface area contributed by atoms with E-state index in [1.54, 1.807) is 12.1 Å². The predicted octanol–water partition coefficient (Wildman–Crippen LogP) is 4.62. The molecule has 0 fully saturated rings. The number of rotatable bonds is 4. The number of aliphatic hydroxyl groups is 1. The number of aliphatic hydroxyl groups excluding tert-OH is 1. The summed E-state index contributed by atoms with van der Waals surface area (Å²) in [5, 5.41) is 10.1. The van der Waals surface area contributed by atoms with Crippen molar-refractivity contribution in [3.8, 4) is 5.75 Å². The Morgan fingerprint density at radius 1 is 1.10 bits per heavy atom. The fourth-order valence-corrected chi connectivity index (χ4v) is 2.30. The lowest BCUT2D eigenvalue weighted by molar-refractivity contribution is -0.274. The lowest BCUT2D eigenvalue weighted by atomic mass is 10.0. The predicted molar refractivity (Wildman–Crippen MR) is 75.9 cm³/mol. The summed E-state index contributed by atoms with van der Waals surface area (Å²) in [5.74, 6) is -0.275. The molecule has 0 spiro atoms. The molecule has 1 N–H and O–H groups in total. The first-order valence-corrected chi connectivity index (χ1v) is 6.91. The van der Waals surface area contributed by atoms with Gasteiger partial charge < -0.3 is 9.84 Å². The van der Waals surface area contributed by atoms with Crippen molar-refractivity contribution in [1.29, 1.82) is 0 Å². The second kappa shape index (κ2) is 6.49. The third-order valence-corrected chi connectivity index (χ3v) is 3.31. The van der Waals surface area contributed by atoms with Crippen molar-refractivity contribution in [2.75, 3.05) is 0 Å². The Balaban J connectivity index is 2.03. The van der Waals surface area contributed by atoms with E-state index in [4.69, 9.17) is 0 Å². The van der Waals surface area contributed by atoms with Crippen molar-refractivity contribution in [2.24, 2.45) is 0 Å². The van der Waals surface area contributed by atoms with Crippen LogP contribution in [-0.4, -0.2) is 11.5 Å². The van der Waals surface area contributed by atoms with Crippen LogP contribution in [0.5, 0.6) is 5.75 Å². The Morgan fingerprint density at radius 3 is 2.33 bits per heavy atom. The standard InChI is InChI=1S/C15H12BrF3O2/c16-12-3-1-2-11(9-12)14(20)8-10-4-6-13(7-5-10)21-15(17,18)19/h1-7,9,14,20H,8H2. The van der Waals surface area contributed by atoms with E-state index < -0.39 is 12.5 Å². The Hall–Kier alpha value is -1.53. The SMILES string of the molecule is OC(Cc1ccc(OC(F)(F)F)cc1)c1cccc(Br)c1. The van der Waals surface area contributed by atoms with E-state index in [0.29, 0.717) is 6.42 Å². The molecule has 2 aromatic carbocycles. The third kappa shape index (κ3) is 5.06. The van der Waals surface area contributed by atoms with E-state index in [9.17, 15) is 18.3 Å². The molecule has 112 valence electrons. The number of halogens is 4. The molecule has 1 unspecified atom stereocenters. The van der Waals surface area contributed by atoms with E-state index in [-0.39, 0.29) is 5.75 Å². The Morgan fingerprint density at radius 2 is 1.76 bits per heavy atom. The molecule has 2 aromatic rings. The third-order valence-electron chi connectivity index (χ3n) is 2.82. The summed E-state index contributed by atoms with van der Waals surface area (Å²) in [6.45, 7) is 0. The van der Waals surface area contributed by atoms with Gasteiger partial charge in [-0.05, 0) is 35.4 Å². The fourth-order valence-electron chi connectivity index (χ4n) is 1.88. The van der Waals surface area contributed by atoms with Crippen LogP contribution in [0, 0.1) is 0 Å². The summed E-state index contributed by atoms with van der Waals surface area (Å²) in [6, 6.07) is 12.7. The van der Waals surface area contributed by atoms with E-state index in [1.165, 1.54) is 24.3 Å². The van der Waals surface area contributed by atoms with Crippen LogP contribution in [0.1, 0.15) is 17.2 Å². The first-order valence-electron chi connectivity index (χ1n) is 6.12. The highest BCUT2D eigenvalue weighted by atomic mass is 79.9. The van der Waals surface area contributed by atoms with E-state index in [1.807, 2.05) is 12.1 Å². The average Bonchev–Trinajstić information content (AvgIpc) is 2.39. The van der Waals surface area contributed by atoms with Gasteiger partial charge in [-0.1, -0.05) is 40.2 Å². The topological polar surface area (TPSA) is 29.5 Å². The van der Waals surface area contributed by atoms with Crippen LogP contribution in [0.25, 0.3) is 0 Å². The summed E-state index contributed by atoms with van der Waals surface area (Å²) in [5.41, 5.74) is 1.46. The van der Waals surface area contributed by atoms with Crippen molar-refractivity contribution in [3.63, 3.8) is 0 Å². The van der Waals surface area contributed by atoms with Gasteiger partial charge in [0.1, 0.15) is 5.75 Å². The molecule has 0 saturated carbocycles. The van der Waals surface area contributed by atoms with Gasteiger partial charge in [-0.2, -0.15) is 0 Å². The first-order chi connectivity index (χ1) is 9.83. The summed E-state index contributed by atoms with van der Waals surface area (Å²) in [6.07, 6.45) is -5.11. The van der Waals surface area contributed by atoms with Crippen LogP contribution in [0.2, 0.25) is 0 Å². The number of alkyl halides is 3. The molecule has 0 heterocycles. The van der Waals surface area contributed by atoms with Crippen LogP contribution < -0.4 is 4.74 Å². The highest BCUT2D eigenvalue weighted by Gasteiger charge is 2.30. The van der Waals surface area contributed by atoms with Gasteiger partial charge in [0, 0.05) is 10.9 Å². The lowest BCUT2D eigenvalue weighted by Crippen LogP contribution is -2.17. The summed E-state index contributed by atoms with van der Waals surface area (Å²) < 4.78 is 40.8. The molecule has 0 bridgehead atoms. The number of hydrogen-bond acceptors (Lipinski definition) is 2. The lowest BCUT2D eigenvalue weighted by Gasteiger charge is -2.13. The Bertz CT molecular complexity index is 597. The minimum atomic E-state index is -4.70. The summed E-state index contributed by atoms with van der Waals surface area (Å²) >= 11 is 3.32. The zero-order valence-corrected chi connectivity index (χ0v) is 12.4. The maximum absolute atomic E-state index is 12.0. The summed E-state index contributed by atoms with van der Waals surface area (Å²) in [7, 11) is 0. The van der Waals surface area contributed by atoms with Gasteiger partial charge in [0.05, 0.1) is 6.10 Å². The molecule has 0 aliphatic carbocycles. The van der Waals surface area contributed by atoms with Crippen molar-refractivity contribution in [2.45, 2.75) is 18.9 Å². The van der Waals surface area contributed by atoms with Gasteiger partial charge in [-0.25, -0.2) is 0 Å². The van der Waals surface area contributed by atoms with E-state index in [0.717, 1.165) is 15.6 Å². The molecule has 0 radical (unpaired) electrons. The van der Waals surface area contributed by atoms with E-state index >= 15 is 0 Å². The largest absolute Gasteiger partial charge is 0.573 e. The molecule has 0 aliphatic rings. The van der Waals surface area contributed by atoms with Gasteiger partial charge >= 0.3 is 6.36 Å². The van der Waals surface area contributed by atoms with Gasteiger partial charge in [-0.3, -0.25) is 0 Å². The molecule has 6 heteroatoms. The number of benzene rings is 2. The maximum atomic E-state index is 12.0. The monoisotopic (exact) mass is 360 g/mol. The second-order valence-corrected chi connectivity index (χ2v) is 5.38. The average molecular weight is 361 g/mol. The highest BCUT2D eigenvalue weighted by Crippen LogP contribution is 2.25. The highest BCUT2D eigenvalue weighted by molar-refractivity contribution is 9.10. The van der Waals surface area contributed by atoms with Crippen LogP contribution in [0.3, 0.4) is 0 Å². The number of ether oxygens (including phenoxy) is 1. The normalized spacial score (nSPS) is 13.0. The molecular formula is C15H12BrF3O2. The smallest absolute Gasteiger partial charge is 0.406 e. The van der Waals surface area contributed by atoms with Crippen molar-refractivity contribution in [3.05, 3.63) is 64.1 Å². The van der Waals surface area contributed by atoms with Crippen molar-refractivity contribution in [1.82, 2.24) is 0 Å². The fraction of sp³-hybridized carbons (Fsp3) is 0.200. The Kier molecular flexibility index (Phi) is 4.90. The molecule has 2 rings (SSSR count). The molecule has 0 saturated heterocycles. The summed E-state index contributed by atoms with van der Waals surface area (Å²) in [4.78, 5) is 0. The molecule has 2 nitrogen and oxygen atoms in total. The Labute approximate surface area is 128 Å². The van der Waals surface area contributed by atoms with Crippen LogP contribution in [0.4, 0.5) is 13.2 Å². The van der Waals surface area contributed by atoms with Gasteiger partial charge in [-0.15, -0.1) is 13.2 Å². The first kappa shape index (κ1) is 15.9. The van der Waals surface area contributed by atoms with Crippen LogP contribution in [0.15, 0.2) is 53.0 Å².